The van der Waals surface area contributed by atoms with Crippen LogP contribution in [0.3, 0.4) is 0 Å². The number of esters is 1. The number of hydrogen-bond donors (Lipinski definition) is 1. The van der Waals surface area contributed by atoms with Crippen molar-refractivity contribution in [3.8, 4) is 5.75 Å². The number of aryl methyl sites for hydroxylation is 1. The van der Waals surface area contributed by atoms with E-state index in [9.17, 15) is 9.59 Å². The second kappa shape index (κ2) is 6.53. The van der Waals surface area contributed by atoms with Crippen molar-refractivity contribution in [1.82, 2.24) is 0 Å². The number of carbonyl (C=O) groups excluding carboxylic acids is 2. The van der Waals surface area contributed by atoms with E-state index in [0.29, 0.717) is 16.5 Å². The molecule has 0 saturated carbocycles. The van der Waals surface area contributed by atoms with Gasteiger partial charge in [-0.05, 0) is 49.2 Å². The Morgan fingerprint density at radius 1 is 1.29 bits per heavy atom. The van der Waals surface area contributed by atoms with Gasteiger partial charge >= 0.3 is 5.97 Å². The molecule has 24 heavy (non-hydrogen) atoms. The predicted molar refractivity (Wildman–Crippen MR) is 93.8 cm³/mol. The lowest BCUT2D eigenvalue weighted by Gasteiger charge is -2.29. The molecular weight excluding hydrogens is 328 g/mol. The molecule has 0 unspecified atom stereocenters. The number of benzene rings is 2. The van der Waals surface area contributed by atoms with Crippen molar-refractivity contribution in [2.75, 3.05) is 23.3 Å². The molecule has 1 aliphatic rings. The van der Waals surface area contributed by atoms with Gasteiger partial charge in [0.1, 0.15) is 6.54 Å². The SMILES string of the molecule is Cc1ccc2c(c1)OC(=O)CN2CC(=O)Nc1cccc(Cl)c1C. The van der Waals surface area contributed by atoms with E-state index in [1.54, 1.807) is 29.2 Å². The van der Waals surface area contributed by atoms with Gasteiger partial charge in [-0.3, -0.25) is 4.79 Å². The average molecular weight is 345 g/mol. The Morgan fingerprint density at radius 3 is 2.88 bits per heavy atom. The summed E-state index contributed by atoms with van der Waals surface area (Å²) in [5.41, 5.74) is 3.19. The number of halogens is 1. The number of carbonyl (C=O) groups is 2. The lowest BCUT2D eigenvalue weighted by molar-refractivity contribution is -0.133. The third-order valence-electron chi connectivity index (χ3n) is 3.88. The van der Waals surface area contributed by atoms with Gasteiger partial charge in [0, 0.05) is 10.7 Å². The van der Waals surface area contributed by atoms with Crippen LogP contribution in [0.5, 0.6) is 5.75 Å². The molecule has 0 aromatic heterocycles. The third-order valence-corrected chi connectivity index (χ3v) is 4.29. The van der Waals surface area contributed by atoms with Crippen molar-refractivity contribution in [2.45, 2.75) is 13.8 Å². The molecule has 2 aromatic rings. The Bertz CT molecular complexity index is 820. The molecule has 0 spiro atoms. The molecule has 0 radical (unpaired) electrons. The van der Waals surface area contributed by atoms with Gasteiger partial charge in [0.15, 0.2) is 5.75 Å². The number of fused-ring (bicyclic) bond motifs is 1. The van der Waals surface area contributed by atoms with Crippen LogP contribution < -0.4 is 15.0 Å². The average Bonchev–Trinajstić information content (AvgIpc) is 2.51. The molecule has 6 heteroatoms. The maximum absolute atomic E-state index is 12.4. The molecule has 5 nitrogen and oxygen atoms in total. The second-order valence-electron chi connectivity index (χ2n) is 5.76. The topological polar surface area (TPSA) is 58.6 Å². The Morgan fingerprint density at radius 2 is 2.08 bits per heavy atom. The molecule has 0 aliphatic carbocycles. The maximum Gasteiger partial charge on any atom is 0.331 e. The zero-order valence-corrected chi connectivity index (χ0v) is 14.2. The summed E-state index contributed by atoms with van der Waals surface area (Å²) < 4.78 is 5.25. The van der Waals surface area contributed by atoms with Crippen LogP contribution in [0.4, 0.5) is 11.4 Å². The highest BCUT2D eigenvalue weighted by Gasteiger charge is 2.25. The zero-order valence-electron chi connectivity index (χ0n) is 13.4. The summed E-state index contributed by atoms with van der Waals surface area (Å²) in [6.07, 6.45) is 0. The molecule has 1 heterocycles. The molecule has 0 atom stereocenters. The second-order valence-corrected chi connectivity index (χ2v) is 6.17. The van der Waals surface area contributed by atoms with Crippen LogP contribution in [0.2, 0.25) is 5.02 Å². The van der Waals surface area contributed by atoms with Gasteiger partial charge in [0.2, 0.25) is 5.91 Å². The Hall–Kier alpha value is -2.53. The minimum atomic E-state index is -0.375. The molecular formula is C18H17ClN2O3. The first kappa shape index (κ1) is 16.3. The number of amides is 1. The summed E-state index contributed by atoms with van der Waals surface area (Å²) in [5.74, 6) is -0.112. The molecule has 2 aromatic carbocycles. The number of ether oxygens (including phenoxy) is 1. The lowest BCUT2D eigenvalue weighted by Crippen LogP contribution is -2.41. The molecule has 3 rings (SSSR count). The van der Waals surface area contributed by atoms with Crippen LogP contribution in [0, 0.1) is 13.8 Å². The first-order valence-electron chi connectivity index (χ1n) is 7.55. The number of nitrogens with zero attached hydrogens (tertiary/aromatic N) is 1. The van der Waals surface area contributed by atoms with Gasteiger partial charge in [0.05, 0.1) is 12.2 Å². The van der Waals surface area contributed by atoms with Gasteiger partial charge in [-0.1, -0.05) is 23.7 Å². The van der Waals surface area contributed by atoms with Gasteiger partial charge in [-0.25, -0.2) is 4.79 Å². The zero-order chi connectivity index (χ0) is 17.3. The van der Waals surface area contributed by atoms with Gasteiger partial charge in [-0.15, -0.1) is 0 Å². The number of anilines is 2. The maximum atomic E-state index is 12.4. The van der Waals surface area contributed by atoms with Crippen molar-refractivity contribution >= 4 is 34.9 Å². The van der Waals surface area contributed by atoms with E-state index in [2.05, 4.69) is 5.32 Å². The fraction of sp³-hybridized carbons (Fsp3) is 0.222. The van der Waals surface area contributed by atoms with Crippen LogP contribution >= 0.6 is 11.6 Å². The Kier molecular flexibility index (Phi) is 4.44. The first-order chi connectivity index (χ1) is 11.4. The summed E-state index contributed by atoms with van der Waals surface area (Å²) in [6, 6.07) is 10.9. The van der Waals surface area contributed by atoms with E-state index in [1.807, 2.05) is 26.0 Å². The summed E-state index contributed by atoms with van der Waals surface area (Å²) >= 11 is 6.07. The highest BCUT2D eigenvalue weighted by atomic mass is 35.5. The van der Waals surface area contributed by atoms with Crippen LogP contribution in [0.15, 0.2) is 36.4 Å². The minimum Gasteiger partial charge on any atom is -0.423 e. The Balaban J connectivity index is 1.77. The predicted octanol–water partition coefficient (Wildman–Crippen LogP) is 3.32. The standard InChI is InChI=1S/C18H17ClN2O3/c1-11-6-7-15-16(8-11)24-18(23)10-21(15)9-17(22)20-14-5-3-4-13(19)12(14)2/h3-8H,9-10H2,1-2H3,(H,20,22). The number of rotatable bonds is 3. The highest BCUT2D eigenvalue weighted by Crippen LogP contribution is 2.32. The summed E-state index contributed by atoms with van der Waals surface area (Å²) in [5, 5.41) is 3.43. The molecule has 1 amide bonds. The van der Waals surface area contributed by atoms with E-state index in [0.717, 1.165) is 16.8 Å². The molecule has 0 fully saturated rings. The smallest absolute Gasteiger partial charge is 0.331 e. The summed E-state index contributed by atoms with van der Waals surface area (Å²) in [6.45, 7) is 3.85. The monoisotopic (exact) mass is 344 g/mol. The molecule has 124 valence electrons. The largest absolute Gasteiger partial charge is 0.423 e. The normalized spacial score (nSPS) is 13.3. The Labute approximate surface area is 145 Å². The van der Waals surface area contributed by atoms with Crippen molar-refractivity contribution in [3.05, 3.63) is 52.5 Å². The summed E-state index contributed by atoms with van der Waals surface area (Å²) in [4.78, 5) is 25.9. The van der Waals surface area contributed by atoms with Crippen molar-refractivity contribution in [1.29, 1.82) is 0 Å². The number of hydrogen-bond acceptors (Lipinski definition) is 4. The molecule has 1 aliphatic heterocycles. The fourth-order valence-corrected chi connectivity index (χ4v) is 2.78. The fourth-order valence-electron chi connectivity index (χ4n) is 2.61. The van der Waals surface area contributed by atoms with Crippen LogP contribution in [-0.2, 0) is 9.59 Å². The molecule has 0 saturated heterocycles. The van der Waals surface area contributed by atoms with E-state index in [4.69, 9.17) is 16.3 Å². The molecule has 0 bridgehead atoms. The third kappa shape index (κ3) is 3.36. The van der Waals surface area contributed by atoms with Crippen molar-refractivity contribution < 1.29 is 14.3 Å². The van der Waals surface area contributed by atoms with E-state index < -0.39 is 0 Å². The van der Waals surface area contributed by atoms with E-state index in [1.165, 1.54) is 0 Å². The van der Waals surface area contributed by atoms with Gasteiger partial charge < -0.3 is 15.0 Å². The van der Waals surface area contributed by atoms with Gasteiger partial charge in [0.25, 0.3) is 0 Å². The quantitative estimate of drug-likeness (QED) is 0.685. The summed E-state index contributed by atoms with van der Waals surface area (Å²) in [7, 11) is 0. The minimum absolute atomic E-state index is 0.0397. The van der Waals surface area contributed by atoms with E-state index in [-0.39, 0.29) is 25.0 Å². The van der Waals surface area contributed by atoms with Crippen LogP contribution in [0.1, 0.15) is 11.1 Å². The number of nitrogens with one attached hydrogen (secondary N) is 1. The van der Waals surface area contributed by atoms with Crippen molar-refractivity contribution in [3.63, 3.8) is 0 Å². The van der Waals surface area contributed by atoms with Crippen LogP contribution in [-0.4, -0.2) is 25.0 Å². The van der Waals surface area contributed by atoms with Crippen molar-refractivity contribution in [2.24, 2.45) is 0 Å². The van der Waals surface area contributed by atoms with Gasteiger partial charge in [-0.2, -0.15) is 0 Å². The lowest BCUT2D eigenvalue weighted by atomic mass is 10.1. The first-order valence-corrected chi connectivity index (χ1v) is 7.93. The highest BCUT2D eigenvalue weighted by molar-refractivity contribution is 6.31. The van der Waals surface area contributed by atoms with E-state index >= 15 is 0 Å². The molecule has 1 N–H and O–H groups in total. The van der Waals surface area contributed by atoms with Crippen LogP contribution in [0.25, 0.3) is 0 Å².